The number of rotatable bonds is 1. The molecule has 0 aliphatic carbocycles. The summed E-state index contributed by atoms with van der Waals surface area (Å²) >= 11 is 0. The maximum Gasteiger partial charge on any atom is 0.303 e. The number of para-hydroxylation sites is 1. The van der Waals surface area contributed by atoms with Crippen LogP contribution in [0.1, 0.15) is 0 Å². The van der Waals surface area contributed by atoms with Gasteiger partial charge in [-0.15, -0.1) is 5.10 Å². The number of nitrogens with zero attached hydrogens (tertiary/aromatic N) is 3. The molecule has 1 heterocycles. The lowest BCUT2D eigenvalue weighted by atomic mass is 10.3. The van der Waals surface area contributed by atoms with Crippen LogP contribution < -0.4 is 0 Å². The van der Waals surface area contributed by atoms with Gasteiger partial charge in [0.1, 0.15) is 5.52 Å². The van der Waals surface area contributed by atoms with E-state index in [4.69, 9.17) is 4.89 Å². The molecule has 1 aromatic heterocycles. The first-order chi connectivity index (χ1) is 5.79. The van der Waals surface area contributed by atoms with Crippen LogP contribution >= 0.6 is 8.18 Å². The number of hydrogen-bond acceptors (Lipinski definition) is 3. The van der Waals surface area contributed by atoms with Gasteiger partial charge in [0, 0.05) is 0 Å². The summed E-state index contributed by atoms with van der Waals surface area (Å²) in [5, 5.41) is 7.26. The van der Waals surface area contributed by atoms with E-state index < -0.39 is 8.18 Å². The second kappa shape index (κ2) is 2.69. The van der Waals surface area contributed by atoms with Crippen molar-refractivity contribution in [3.63, 3.8) is 0 Å². The van der Waals surface area contributed by atoms with Gasteiger partial charge in [-0.3, -0.25) is 4.57 Å². The van der Waals surface area contributed by atoms with Gasteiger partial charge in [-0.05, 0) is 12.1 Å². The Morgan fingerprint density at radius 3 is 2.92 bits per heavy atom. The van der Waals surface area contributed by atoms with E-state index in [1.54, 1.807) is 24.3 Å². The van der Waals surface area contributed by atoms with Gasteiger partial charge in [-0.25, -0.2) is 0 Å². The van der Waals surface area contributed by atoms with E-state index in [2.05, 4.69) is 10.3 Å². The molecule has 1 unspecified atom stereocenters. The van der Waals surface area contributed by atoms with Crippen LogP contribution in [0.15, 0.2) is 24.3 Å². The minimum absolute atomic E-state index is 0.587. The second-order valence-corrected chi connectivity index (χ2v) is 3.26. The number of aromatic nitrogens is 3. The normalized spacial score (nSPS) is 13.4. The minimum Gasteiger partial charge on any atom is -0.330 e. The Morgan fingerprint density at radius 1 is 1.42 bits per heavy atom. The Kier molecular flexibility index (Phi) is 1.67. The molecule has 5 nitrogen and oxygen atoms in total. The molecule has 0 aliphatic rings. The van der Waals surface area contributed by atoms with Crippen molar-refractivity contribution in [3.8, 4) is 0 Å². The van der Waals surface area contributed by atoms with Gasteiger partial charge in [0.05, 0.1) is 5.52 Å². The molecule has 0 radical (unpaired) electrons. The van der Waals surface area contributed by atoms with E-state index in [-0.39, 0.29) is 0 Å². The summed E-state index contributed by atoms with van der Waals surface area (Å²) in [6.45, 7) is 0. The quantitative estimate of drug-likeness (QED) is 0.659. The van der Waals surface area contributed by atoms with E-state index in [0.29, 0.717) is 11.0 Å². The third kappa shape index (κ3) is 1.03. The average Bonchev–Trinajstić information content (AvgIpc) is 2.47. The monoisotopic (exact) mass is 183 g/mol. The van der Waals surface area contributed by atoms with Crippen molar-refractivity contribution >= 4 is 19.2 Å². The fraction of sp³-hybridized carbons (Fsp3) is 0. The van der Waals surface area contributed by atoms with Crippen LogP contribution in [-0.4, -0.2) is 19.7 Å². The number of benzene rings is 1. The zero-order valence-electron chi connectivity index (χ0n) is 6.01. The van der Waals surface area contributed by atoms with Gasteiger partial charge in [0.25, 0.3) is 0 Å². The third-order valence-electron chi connectivity index (χ3n) is 1.53. The molecule has 62 valence electrons. The van der Waals surface area contributed by atoms with E-state index in [0.717, 1.165) is 4.45 Å². The molecule has 2 aromatic rings. The molecule has 0 bridgehead atoms. The molecular weight excluding hydrogens is 177 g/mol. The summed E-state index contributed by atoms with van der Waals surface area (Å²) in [6.07, 6.45) is 0. The smallest absolute Gasteiger partial charge is 0.303 e. The summed E-state index contributed by atoms with van der Waals surface area (Å²) in [5.74, 6) is 0. The number of hydrogen-bond donors (Lipinski definition) is 1. The van der Waals surface area contributed by atoms with E-state index in [9.17, 15) is 4.57 Å². The molecule has 0 aliphatic heterocycles. The molecular formula is C6H6N3O2P. The Morgan fingerprint density at radius 2 is 2.17 bits per heavy atom. The highest BCUT2D eigenvalue weighted by Gasteiger charge is 2.05. The van der Waals surface area contributed by atoms with E-state index >= 15 is 0 Å². The van der Waals surface area contributed by atoms with Gasteiger partial charge in [-0.1, -0.05) is 17.3 Å². The van der Waals surface area contributed by atoms with Crippen LogP contribution in [0, 0.1) is 0 Å². The molecule has 0 fully saturated rings. The first kappa shape index (κ1) is 7.46. The molecule has 12 heavy (non-hydrogen) atoms. The minimum atomic E-state index is -2.80. The molecule has 0 amide bonds. The lowest BCUT2D eigenvalue weighted by Gasteiger charge is -1.92. The van der Waals surface area contributed by atoms with Crippen molar-refractivity contribution in [2.75, 3.05) is 0 Å². The summed E-state index contributed by atoms with van der Waals surface area (Å²) in [7, 11) is -2.80. The second-order valence-electron chi connectivity index (χ2n) is 2.27. The van der Waals surface area contributed by atoms with Crippen molar-refractivity contribution in [2.45, 2.75) is 0 Å². The first-order valence-corrected chi connectivity index (χ1v) is 4.63. The van der Waals surface area contributed by atoms with E-state index in [1.165, 1.54) is 0 Å². The highest BCUT2D eigenvalue weighted by atomic mass is 31.1. The molecule has 6 heteroatoms. The summed E-state index contributed by atoms with van der Waals surface area (Å²) in [6, 6.07) is 7.01. The van der Waals surface area contributed by atoms with Crippen LogP contribution in [0.3, 0.4) is 0 Å². The van der Waals surface area contributed by atoms with Crippen molar-refractivity contribution in [2.24, 2.45) is 0 Å². The summed E-state index contributed by atoms with van der Waals surface area (Å²) < 4.78 is 11.7. The largest absolute Gasteiger partial charge is 0.330 e. The maximum absolute atomic E-state index is 10.7. The van der Waals surface area contributed by atoms with Crippen molar-refractivity contribution in [1.29, 1.82) is 0 Å². The zero-order chi connectivity index (χ0) is 8.55. The van der Waals surface area contributed by atoms with Gasteiger partial charge in [0.15, 0.2) is 0 Å². The Bertz CT molecular complexity index is 439. The lowest BCUT2D eigenvalue weighted by Crippen LogP contribution is -1.87. The Balaban J connectivity index is 2.79. The fourth-order valence-corrected chi connectivity index (χ4v) is 1.53. The Labute approximate surface area is 68.6 Å². The first-order valence-electron chi connectivity index (χ1n) is 3.33. The molecule has 2 rings (SSSR count). The van der Waals surface area contributed by atoms with Crippen molar-refractivity contribution in [1.82, 2.24) is 14.8 Å². The maximum atomic E-state index is 10.7. The van der Waals surface area contributed by atoms with Gasteiger partial charge >= 0.3 is 8.18 Å². The molecule has 1 aromatic carbocycles. The van der Waals surface area contributed by atoms with Crippen molar-refractivity contribution in [3.05, 3.63) is 24.3 Å². The van der Waals surface area contributed by atoms with Crippen LogP contribution in [0.5, 0.6) is 0 Å². The SMILES string of the molecule is O=[PH](O)n1nnc2ccccc21. The lowest BCUT2D eigenvalue weighted by molar-refractivity contribution is 0.488. The standard InChI is InChI=1S/C6H6N3O2P/c10-12(11)9-6-4-2-1-3-5(6)7-8-9/h1-4,12H,(H,10,11). The summed E-state index contributed by atoms with van der Waals surface area (Å²) in [5.41, 5.74) is 1.22. The van der Waals surface area contributed by atoms with E-state index in [1.807, 2.05) is 0 Å². The number of fused-ring (bicyclic) bond motifs is 1. The van der Waals surface area contributed by atoms with Crippen LogP contribution in [-0.2, 0) is 4.57 Å². The zero-order valence-corrected chi connectivity index (χ0v) is 7.01. The highest BCUT2D eigenvalue weighted by Crippen LogP contribution is 2.21. The van der Waals surface area contributed by atoms with Gasteiger partial charge in [-0.2, -0.15) is 4.45 Å². The van der Waals surface area contributed by atoms with Crippen LogP contribution in [0.4, 0.5) is 0 Å². The van der Waals surface area contributed by atoms with Gasteiger partial charge in [0.2, 0.25) is 0 Å². The predicted molar refractivity (Wildman–Crippen MR) is 44.1 cm³/mol. The fourth-order valence-electron chi connectivity index (χ4n) is 1.01. The molecule has 1 atom stereocenters. The highest BCUT2D eigenvalue weighted by molar-refractivity contribution is 7.36. The van der Waals surface area contributed by atoms with Crippen molar-refractivity contribution < 1.29 is 9.46 Å². The molecule has 1 N–H and O–H groups in total. The summed E-state index contributed by atoms with van der Waals surface area (Å²) in [4.78, 5) is 8.82. The molecule has 0 saturated carbocycles. The predicted octanol–water partition coefficient (Wildman–Crippen LogP) is 0.661. The van der Waals surface area contributed by atoms with Gasteiger partial charge < -0.3 is 4.89 Å². The van der Waals surface area contributed by atoms with Crippen LogP contribution in [0.25, 0.3) is 11.0 Å². The molecule has 0 saturated heterocycles. The van der Waals surface area contributed by atoms with Crippen LogP contribution in [0.2, 0.25) is 0 Å². The Hall–Kier alpha value is -1.19. The topological polar surface area (TPSA) is 68.0 Å². The average molecular weight is 183 g/mol. The molecule has 0 spiro atoms. The third-order valence-corrected chi connectivity index (χ3v) is 2.23.